The van der Waals surface area contributed by atoms with Crippen molar-refractivity contribution in [3.63, 3.8) is 0 Å². The predicted molar refractivity (Wildman–Crippen MR) is 88.7 cm³/mol. The van der Waals surface area contributed by atoms with E-state index in [0.29, 0.717) is 17.3 Å². The van der Waals surface area contributed by atoms with E-state index in [4.69, 9.17) is 11.6 Å². The highest BCUT2D eigenvalue weighted by molar-refractivity contribution is 7.92. The molecule has 0 aromatic heterocycles. The number of sulfonamides is 1. The second-order valence-electron chi connectivity index (χ2n) is 5.68. The second kappa shape index (κ2) is 6.87. The van der Waals surface area contributed by atoms with Crippen molar-refractivity contribution in [1.29, 1.82) is 0 Å². The molecule has 0 bridgehead atoms. The Labute approximate surface area is 136 Å². The highest BCUT2D eigenvalue weighted by Crippen LogP contribution is 2.27. The highest BCUT2D eigenvalue weighted by Gasteiger charge is 2.25. The number of aryl methyl sites for hydroxylation is 1. The molecule has 0 atom stereocenters. The van der Waals surface area contributed by atoms with E-state index in [-0.39, 0.29) is 18.4 Å². The number of nitrogens with one attached hydrogen (secondary N) is 1. The Kier molecular flexibility index (Phi) is 5.34. The van der Waals surface area contributed by atoms with Crippen molar-refractivity contribution in [2.75, 3.05) is 23.7 Å². The molecule has 2 rings (SSSR count). The summed E-state index contributed by atoms with van der Waals surface area (Å²) in [5, 5.41) is 3.38. The minimum Gasteiger partial charge on any atom is -0.354 e. The third-order valence-electron chi connectivity index (χ3n) is 3.92. The summed E-state index contributed by atoms with van der Waals surface area (Å²) in [6.45, 7) is 2.32. The summed E-state index contributed by atoms with van der Waals surface area (Å²) in [5.41, 5.74) is 1.37. The van der Waals surface area contributed by atoms with Crippen LogP contribution in [0.3, 0.4) is 0 Å². The topological polar surface area (TPSA) is 66.5 Å². The van der Waals surface area contributed by atoms with Crippen LogP contribution in [0.5, 0.6) is 0 Å². The van der Waals surface area contributed by atoms with Gasteiger partial charge in [-0.25, -0.2) is 8.42 Å². The fourth-order valence-corrected chi connectivity index (χ4v) is 3.67. The Hall–Kier alpha value is -1.27. The van der Waals surface area contributed by atoms with Gasteiger partial charge in [0.2, 0.25) is 15.9 Å². The zero-order valence-corrected chi connectivity index (χ0v) is 14.4. The Morgan fingerprint density at radius 1 is 1.41 bits per heavy atom. The summed E-state index contributed by atoms with van der Waals surface area (Å²) < 4.78 is 25.4. The van der Waals surface area contributed by atoms with Gasteiger partial charge in [-0.15, -0.1) is 0 Å². The first kappa shape index (κ1) is 17.1. The summed E-state index contributed by atoms with van der Waals surface area (Å²) in [6.07, 6.45) is 4.11. The molecule has 7 heteroatoms. The van der Waals surface area contributed by atoms with Gasteiger partial charge in [0.15, 0.2) is 0 Å². The van der Waals surface area contributed by atoms with E-state index in [1.54, 1.807) is 18.2 Å². The minimum absolute atomic E-state index is 0.0209. The number of nitrogens with zero attached hydrogens (tertiary/aromatic N) is 1. The van der Waals surface area contributed by atoms with Crippen molar-refractivity contribution in [3.8, 4) is 0 Å². The lowest BCUT2D eigenvalue weighted by Gasteiger charge is -2.27. The number of halogens is 1. The standard InChI is InChI=1S/C15H21ClN2O3S/c1-11-10-13(16)6-7-14(11)18(22(2,20)21)9-8-17-15(19)12-4-3-5-12/h6-7,10,12H,3-5,8-9H2,1-2H3,(H,17,19). The summed E-state index contributed by atoms with van der Waals surface area (Å²) in [7, 11) is -3.42. The number of carbonyl (C=O) groups excluding carboxylic acids is 1. The molecule has 0 heterocycles. The average Bonchev–Trinajstić information content (AvgIpc) is 2.32. The van der Waals surface area contributed by atoms with E-state index in [9.17, 15) is 13.2 Å². The Morgan fingerprint density at radius 2 is 2.09 bits per heavy atom. The third kappa shape index (κ3) is 4.14. The lowest BCUT2D eigenvalue weighted by Crippen LogP contribution is -2.41. The normalized spacial score (nSPS) is 15.2. The number of carbonyl (C=O) groups is 1. The van der Waals surface area contributed by atoms with Crippen molar-refractivity contribution in [2.24, 2.45) is 5.92 Å². The molecule has 0 saturated heterocycles. The number of hydrogen-bond acceptors (Lipinski definition) is 3. The van der Waals surface area contributed by atoms with Crippen LogP contribution in [-0.2, 0) is 14.8 Å². The SMILES string of the molecule is Cc1cc(Cl)ccc1N(CCNC(=O)C1CCC1)S(C)(=O)=O. The van der Waals surface area contributed by atoms with Crippen LogP contribution in [0.15, 0.2) is 18.2 Å². The van der Waals surface area contributed by atoms with Crippen molar-refractivity contribution in [3.05, 3.63) is 28.8 Å². The second-order valence-corrected chi connectivity index (χ2v) is 8.03. The summed E-state index contributed by atoms with van der Waals surface area (Å²) in [6, 6.07) is 5.07. The van der Waals surface area contributed by atoms with Crippen LogP contribution in [0.25, 0.3) is 0 Å². The van der Waals surface area contributed by atoms with E-state index >= 15 is 0 Å². The van der Waals surface area contributed by atoms with Gasteiger partial charge in [0.1, 0.15) is 0 Å². The number of anilines is 1. The first-order valence-electron chi connectivity index (χ1n) is 7.30. The third-order valence-corrected chi connectivity index (χ3v) is 5.33. The molecule has 1 aromatic carbocycles. The van der Waals surface area contributed by atoms with Crippen LogP contribution >= 0.6 is 11.6 Å². The van der Waals surface area contributed by atoms with Crippen LogP contribution in [0.4, 0.5) is 5.69 Å². The molecular weight excluding hydrogens is 324 g/mol. The number of benzene rings is 1. The largest absolute Gasteiger partial charge is 0.354 e. The lowest BCUT2D eigenvalue weighted by atomic mass is 9.85. The molecule has 1 aliphatic rings. The molecule has 0 unspecified atom stereocenters. The predicted octanol–water partition coefficient (Wildman–Crippen LogP) is 2.33. The first-order chi connectivity index (χ1) is 10.3. The van der Waals surface area contributed by atoms with E-state index in [1.807, 2.05) is 6.92 Å². The molecule has 1 saturated carbocycles. The van der Waals surface area contributed by atoms with E-state index in [0.717, 1.165) is 31.1 Å². The van der Waals surface area contributed by atoms with Crippen LogP contribution in [0.2, 0.25) is 5.02 Å². The van der Waals surface area contributed by atoms with Crippen LogP contribution < -0.4 is 9.62 Å². The van der Waals surface area contributed by atoms with Gasteiger partial charge in [-0.1, -0.05) is 18.0 Å². The fourth-order valence-electron chi connectivity index (χ4n) is 2.46. The van der Waals surface area contributed by atoms with Gasteiger partial charge < -0.3 is 5.32 Å². The Balaban J connectivity index is 2.05. The number of rotatable bonds is 6. The van der Waals surface area contributed by atoms with Crippen molar-refractivity contribution in [2.45, 2.75) is 26.2 Å². The number of hydrogen-bond donors (Lipinski definition) is 1. The first-order valence-corrected chi connectivity index (χ1v) is 9.53. The molecular formula is C15H21ClN2O3S. The molecule has 22 heavy (non-hydrogen) atoms. The summed E-state index contributed by atoms with van der Waals surface area (Å²) >= 11 is 5.91. The molecule has 1 amide bonds. The highest BCUT2D eigenvalue weighted by atomic mass is 35.5. The van der Waals surface area contributed by atoms with Gasteiger partial charge in [0.25, 0.3) is 0 Å². The maximum Gasteiger partial charge on any atom is 0.232 e. The van der Waals surface area contributed by atoms with Crippen molar-refractivity contribution in [1.82, 2.24) is 5.32 Å². The molecule has 1 aromatic rings. The van der Waals surface area contributed by atoms with Crippen LogP contribution in [-0.4, -0.2) is 33.7 Å². The van der Waals surface area contributed by atoms with Gasteiger partial charge in [0, 0.05) is 17.5 Å². The quantitative estimate of drug-likeness (QED) is 0.861. The molecule has 0 aliphatic heterocycles. The monoisotopic (exact) mass is 344 g/mol. The van der Waals surface area contributed by atoms with Gasteiger partial charge in [-0.3, -0.25) is 9.10 Å². The van der Waals surface area contributed by atoms with Crippen molar-refractivity contribution >= 4 is 33.2 Å². The van der Waals surface area contributed by atoms with E-state index in [1.165, 1.54) is 4.31 Å². The van der Waals surface area contributed by atoms with Gasteiger partial charge in [0.05, 0.1) is 18.5 Å². The Bertz CT molecular complexity index is 657. The van der Waals surface area contributed by atoms with Crippen LogP contribution in [0.1, 0.15) is 24.8 Å². The van der Waals surface area contributed by atoms with Gasteiger partial charge in [-0.2, -0.15) is 0 Å². The molecule has 1 aliphatic carbocycles. The van der Waals surface area contributed by atoms with E-state index < -0.39 is 10.0 Å². The molecule has 5 nitrogen and oxygen atoms in total. The maximum atomic E-state index is 12.0. The lowest BCUT2D eigenvalue weighted by molar-refractivity contribution is -0.127. The number of amides is 1. The summed E-state index contributed by atoms with van der Waals surface area (Å²) in [4.78, 5) is 11.8. The molecule has 122 valence electrons. The molecule has 0 spiro atoms. The molecule has 1 N–H and O–H groups in total. The minimum atomic E-state index is -3.42. The smallest absolute Gasteiger partial charge is 0.232 e. The molecule has 0 radical (unpaired) electrons. The van der Waals surface area contributed by atoms with Gasteiger partial charge >= 0.3 is 0 Å². The van der Waals surface area contributed by atoms with Crippen LogP contribution in [0, 0.1) is 12.8 Å². The zero-order valence-electron chi connectivity index (χ0n) is 12.8. The summed E-state index contributed by atoms with van der Waals surface area (Å²) in [5.74, 6) is 0.122. The zero-order chi connectivity index (χ0) is 16.3. The maximum absolute atomic E-state index is 12.0. The van der Waals surface area contributed by atoms with E-state index in [2.05, 4.69) is 5.32 Å². The van der Waals surface area contributed by atoms with Crippen molar-refractivity contribution < 1.29 is 13.2 Å². The molecule has 1 fully saturated rings. The van der Waals surface area contributed by atoms with Gasteiger partial charge in [-0.05, 0) is 43.5 Å². The Morgan fingerprint density at radius 3 is 2.59 bits per heavy atom. The fraction of sp³-hybridized carbons (Fsp3) is 0.533. The average molecular weight is 345 g/mol.